The Morgan fingerprint density at radius 3 is 2.39 bits per heavy atom. The molecule has 0 unspecified atom stereocenters. The predicted octanol–water partition coefficient (Wildman–Crippen LogP) is 8.79. The van der Waals surface area contributed by atoms with Crippen molar-refractivity contribution in [2.24, 2.45) is 0 Å². The van der Waals surface area contributed by atoms with Crippen molar-refractivity contribution in [3.05, 3.63) is 124 Å². The highest BCUT2D eigenvalue weighted by Crippen LogP contribution is 2.39. The summed E-state index contributed by atoms with van der Waals surface area (Å²) >= 11 is 6.26. The molecule has 3 nitrogen and oxygen atoms in total. The Bertz CT molecular complexity index is 1590. The molecule has 0 amide bonds. The summed E-state index contributed by atoms with van der Waals surface area (Å²) < 4.78 is 46.7. The summed E-state index contributed by atoms with van der Waals surface area (Å²) in [4.78, 5) is 4.29. The molecule has 0 radical (unpaired) electrons. The standard InChI is InChI=1S/C31H24ClF3N2O/c1-38-28-14-13-21(16-27(28)32)18-36-24-10-5-9-22(17-24)29-23(15-20-7-3-2-4-8-20)19-37-30-25(29)11-6-12-26(30)31(33,34)35/h2-14,16-17,19,36H,15,18H2,1H3. The van der Waals surface area contributed by atoms with Crippen LogP contribution in [-0.2, 0) is 19.1 Å². The smallest absolute Gasteiger partial charge is 0.418 e. The fraction of sp³-hybridized carbons (Fsp3) is 0.129. The van der Waals surface area contributed by atoms with Crippen LogP contribution in [0.1, 0.15) is 22.3 Å². The van der Waals surface area contributed by atoms with Crippen molar-refractivity contribution >= 4 is 28.2 Å². The molecule has 7 heteroatoms. The van der Waals surface area contributed by atoms with Gasteiger partial charge in [-0.15, -0.1) is 0 Å². The van der Waals surface area contributed by atoms with Gasteiger partial charge in [0, 0.05) is 23.8 Å². The number of hydrogen-bond donors (Lipinski definition) is 1. The van der Waals surface area contributed by atoms with Crippen LogP contribution in [0.15, 0.2) is 97.2 Å². The number of pyridine rings is 1. The quantitative estimate of drug-likeness (QED) is 0.227. The van der Waals surface area contributed by atoms with Crippen LogP contribution in [0.5, 0.6) is 5.75 Å². The largest absolute Gasteiger partial charge is 0.495 e. The SMILES string of the molecule is COc1ccc(CNc2cccc(-c3c(Cc4ccccc4)cnc4c(C(F)(F)F)cccc34)c2)cc1Cl. The van der Waals surface area contributed by atoms with E-state index in [4.69, 9.17) is 16.3 Å². The molecular formula is C31H24ClF3N2O. The first-order chi connectivity index (χ1) is 18.3. The van der Waals surface area contributed by atoms with E-state index in [0.717, 1.165) is 39.6 Å². The molecule has 5 rings (SSSR count). The van der Waals surface area contributed by atoms with E-state index in [0.29, 0.717) is 29.1 Å². The molecular weight excluding hydrogens is 509 g/mol. The number of alkyl halides is 3. The van der Waals surface area contributed by atoms with E-state index >= 15 is 0 Å². The van der Waals surface area contributed by atoms with Crippen LogP contribution >= 0.6 is 11.6 Å². The minimum absolute atomic E-state index is 0.0574. The third-order valence-corrected chi connectivity index (χ3v) is 6.68. The molecule has 0 spiro atoms. The van der Waals surface area contributed by atoms with E-state index in [1.807, 2.05) is 72.8 Å². The summed E-state index contributed by atoms with van der Waals surface area (Å²) in [6.45, 7) is 0.513. The molecule has 0 atom stereocenters. The van der Waals surface area contributed by atoms with E-state index in [1.165, 1.54) is 6.07 Å². The maximum atomic E-state index is 13.8. The molecule has 0 saturated heterocycles. The molecule has 0 aliphatic heterocycles. The van der Waals surface area contributed by atoms with Crippen LogP contribution in [0.4, 0.5) is 18.9 Å². The second kappa shape index (κ2) is 10.8. The average Bonchev–Trinajstić information content (AvgIpc) is 2.91. The van der Waals surface area contributed by atoms with Gasteiger partial charge in [0.1, 0.15) is 5.75 Å². The minimum Gasteiger partial charge on any atom is -0.495 e. The number of para-hydroxylation sites is 1. The minimum atomic E-state index is -4.51. The summed E-state index contributed by atoms with van der Waals surface area (Å²) in [5, 5.41) is 4.38. The lowest BCUT2D eigenvalue weighted by Gasteiger charge is -2.17. The Morgan fingerprint density at radius 1 is 0.868 bits per heavy atom. The maximum absolute atomic E-state index is 13.8. The van der Waals surface area contributed by atoms with Crippen LogP contribution in [0.2, 0.25) is 5.02 Å². The third kappa shape index (κ3) is 5.46. The number of aromatic nitrogens is 1. The van der Waals surface area contributed by atoms with Gasteiger partial charge in [0.15, 0.2) is 0 Å². The number of nitrogens with one attached hydrogen (secondary N) is 1. The molecule has 38 heavy (non-hydrogen) atoms. The molecule has 1 heterocycles. The number of fused-ring (bicyclic) bond motifs is 1. The molecule has 0 fully saturated rings. The molecule has 5 aromatic rings. The van der Waals surface area contributed by atoms with Gasteiger partial charge in [-0.05, 0) is 64.6 Å². The van der Waals surface area contributed by atoms with Gasteiger partial charge in [-0.25, -0.2) is 0 Å². The molecule has 0 bridgehead atoms. The van der Waals surface area contributed by atoms with Crippen molar-refractivity contribution in [3.8, 4) is 16.9 Å². The number of methoxy groups -OCH3 is 1. The Kier molecular flexibility index (Phi) is 7.25. The number of hydrogen-bond acceptors (Lipinski definition) is 3. The molecule has 1 N–H and O–H groups in total. The number of anilines is 1. The van der Waals surface area contributed by atoms with Gasteiger partial charge in [0.05, 0.1) is 23.2 Å². The van der Waals surface area contributed by atoms with E-state index < -0.39 is 11.7 Å². The van der Waals surface area contributed by atoms with Crippen LogP contribution in [0, 0.1) is 0 Å². The highest BCUT2D eigenvalue weighted by atomic mass is 35.5. The number of nitrogens with zero attached hydrogens (tertiary/aromatic N) is 1. The van der Waals surface area contributed by atoms with Crippen LogP contribution in [0.25, 0.3) is 22.0 Å². The summed E-state index contributed by atoms with van der Waals surface area (Å²) in [6.07, 6.45) is -2.40. The highest BCUT2D eigenvalue weighted by Gasteiger charge is 2.33. The third-order valence-electron chi connectivity index (χ3n) is 6.38. The van der Waals surface area contributed by atoms with Crippen LogP contribution < -0.4 is 10.1 Å². The lowest BCUT2D eigenvalue weighted by atomic mass is 9.91. The fourth-order valence-corrected chi connectivity index (χ4v) is 4.87. The predicted molar refractivity (Wildman–Crippen MR) is 147 cm³/mol. The molecule has 4 aromatic carbocycles. The number of benzene rings is 4. The zero-order valence-corrected chi connectivity index (χ0v) is 21.3. The second-order valence-corrected chi connectivity index (χ2v) is 9.33. The van der Waals surface area contributed by atoms with Gasteiger partial charge < -0.3 is 10.1 Å². The second-order valence-electron chi connectivity index (χ2n) is 8.92. The van der Waals surface area contributed by atoms with Gasteiger partial charge >= 0.3 is 6.18 Å². The normalized spacial score (nSPS) is 11.5. The summed E-state index contributed by atoms with van der Waals surface area (Å²) in [5.74, 6) is 0.603. The lowest BCUT2D eigenvalue weighted by molar-refractivity contribution is -0.136. The van der Waals surface area contributed by atoms with E-state index in [1.54, 1.807) is 19.4 Å². The molecule has 0 aliphatic carbocycles. The monoisotopic (exact) mass is 532 g/mol. The lowest BCUT2D eigenvalue weighted by Crippen LogP contribution is -2.07. The first-order valence-corrected chi connectivity index (χ1v) is 12.4. The summed E-state index contributed by atoms with van der Waals surface area (Å²) in [6, 6.07) is 27.3. The van der Waals surface area contributed by atoms with E-state index in [2.05, 4.69) is 10.3 Å². The van der Waals surface area contributed by atoms with Gasteiger partial charge in [-0.1, -0.05) is 72.3 Å². The molecule has 0 saturated carbocycles. The number of ether oxygens (including phenoxy) is 1. The topological polar surface area (TPSA) is 34.1 Å². The zero-order chi connectivity index (χ0) is 26.7. The van der Waals surface area contributed by atoms with Gasteiger partial charge in [-0.3, -0.25) is 4.98 Å². The Morgan fingerprint density at radius 2 is 1.66 bits per heavy atom. The highest BCUT2D eigenvalue weighted by molar-refractivity contribution is 6.32. The summed E-state index contributed by atoms with van der Waals surface area (Å²) in [5.41, 5.74) is 4.44. The first-order valence-electron chi connectivity index (χ1n) is 12.0. The van der Waals surface area contributed by atoms with Gasteiger partial charge in [0.25, 0.3) is 0 Å². The van der Waals surface area contributed by atoms with Crippen molar-refractivity contribution in [1.82, 2.24) is 4.98 Å². The van der Waals surface area contributed by atoms with Crippen LogP contribution in [0.3, 0.4) is 0 Å². The summed E-state index contributed by atoms with van der Waals surface area (Å²) in [7, 11) is 1.57. The van der Waals surface area contributed by atoms with Crippen molar-refractivity contribution in [3.63, 3.8) is 0 Å². The average molecular weight is 533 g/mol. The van der Waals surface area contributed by atoms with Crippen LogP contribution in [-0.4, -0.2) is 12.1 Å². The molecule has 0 aliphatic rings. The first kappa shape index (κ1) is 25.6. The number of halogens is 4. The molecule has 192 valence electrons. The zero-order valence-electron chi connectivity index (χ0n) is 20.5. The van der Waals surface area contributed by atoms with E-state index in [-0.39, 0.29) is 5.52 Å². The Labute approximate surface area is 223 Å². The Balaban J connectivity index is 1.57. The van der Waals surface area contributed by atoms with Crippen molar-refractivity contribution in [1.29, 1.82) is 0 Å². The van der Waals surface area contributed by atoms with Gasteiger partial charge in [0.2, 0.25) is 0 Å². The molecule has 1 aromatic heterocycles. The van der Waals surface area contributed by atoms with Crippen molar-refractivity contribution < 1.29 is 17.9 Å². The van der Waals surface area contributed by atoms with Gasteiger partial charge in [-0.2, -0.15) is 13.2 Å². The fourth-order valence-electron chi connectivity index (χ4n) is 4.59. The maximum Gasteiger partial charge on any atom is 0.418 e. The van der Waals surface area contributed by atoms with E-state index in [9.17, 15) is 13.2 Å². The van der Waals surface area contributed by atoms with Crippen molar-refractivity contribution in [2.75, 3.05) is 12.4 Å². The van der Waals surface area contributed by atoms with Crippen molar-refractivity contribution in [2.45, 2.75) is 19.1 Å². The Hall–Kier alpha value is -4.03. The number of rotatable bonds is 7.